The van der Waals surface area contributed by atoms with Crippen LogP contribution in [0.4, 0.5) is 11.4 Å². The molecule has 6 nitrogen and oxygen atoms in total. The van der Waals surface area contributed by atoms with Gasteiger partial charge in [-0.15, -0.1) is 0 Å². The van der Waals surface area contributed by atoms with Gasteiger partial charge in [0, 0.05) is 18.7 Å². The number of carbonyl (C=O) groups excluding carboxylic acids is 1. The van der Waals surface area contributed by atoms with Crippen molar-refractivity contribution in [1.82, 2.24) is 0 Å². The van der Waals surface area contributed by atoms with Crippen LogP contribution in [-0.2, 0) is 4.74 Å². The molecule has 3 rings (SSSR count). The maximum Gasteiger partial charge on any atom is 0.255 e. The number of hydrogen-bond acceptors (Lipinski definition) is 5. The molecule has 0 atom stereocenters. The Labute approximate surface area is 172 Å². The third-order valence-corrected chi connectivity index (χ3v) is 4.58. The first-order chi connectivity index (χ1) is 14.1. The molecule has 0 bridgehead atoms. The molecule has 0 unspecified atom stereocenters. The molecule has 6 heteroatoms. The second-order valence-corrected chi connectivity index (χ2v) is 7.37. The van der Waals surface area contributed by atoms with E-state index < -0.39 is 0 Å². The van der Waals surface area contributed by atoms with Crippen LogP contribution in [0.5, 0.6) is 11.5 Å². The van der Waals surface area contributed by atoms with E-state index in [1.165, 1.54) is 0 Å². The van der Waals surface area contributed by atoms with Crippen LogP contribution in [0.15, 0.2) is 42.5 Å². The van der Waals surface area contributed by atoms with Crippen molar-refractivity contribution < 1.29 is 19.0 Å². The predicted octanol–water partition coefficient (Wildman–Crippen LogP) is 4.21. The van der Waals surface area contributed by atoms with E-state index in [1.54, 1.807) is 18.2 Å². The zero-order valence-electron chi connectivity index (χ0n) is 17.4. The van der Waals surface area contributed by atoms with Crippen LogP contribution in [0.2, 0.25) is 0 Å². The molecule has 2 aromatic rings. The third kappa shape index (κ3) is 5.64. The number of para-hydroxylation sites is 2. The number of ether oxygens (including phenoxy) is 3. The Kier molecular flexibility index (Phi) is 7.36. The normalized spacial score (nSPS) is 14.0. The van der Waals surface area contributed by atoms with E-state index in [4.69, 9.17) is 14.2 Å². The van der Waals surface area contributed by atoms with Gasteiger partial charge in [0.15, 0.2) is 11.5 Å². The summed E-state index contributed by atoms with van der Waals surface area (Å²) >= 11 is 0. The minimum atomic E-state index is -0.179. The average Bonchev–Trinajstić information content (AvgIpc) is 2.74. The van der Waals surface area contributed by atoms with Gasteiger partial charge in [-0.05, 0) is 43.2 Å². The molecule has 1 heterocycles. The first-order valence-electron chi connectivity index (χ1n) is 10.2. The van der Waals surface area contributed by atoms with E-state index in [-0.39, 0.29) is 5.91 Å². The summed E-state index contributed by atoms with van der Waals surface area (Å²) in [5.41, 5.74) is 2.32. The van der Waals surface area contributed by atoms with Crippen molar-refractivity contribution in [3.63, 3.8) is 0 Å². The van der Waals surface area contributed by atoms with Crippen LogP contribution in [-0.4, -0.2) is 45.4 Å². The van der Waals surface area contributed by atoms with E-state index >= 15 is 0 Å². The lowest BCUT2D eigenvalue weighted by molar-refractivity contribution is 0.102. The molecule has 2 aromatic carbocycles. The van der Waals surface area contributed by atoms with Gasteiger partial charge in [-0.3, -0.25) is 4.79 Å². The molecule has 1 amide bonds. The van der Waals surface area contributed by atoms with Gasteiger partial charge in [-0.2, -0.15) is 0 Å². The molecular weight excluding hydrogens is 368 g/mol. The molecular formula is C23H30N2O4. The summed E-state index contributed by atoms with van der Waals surface area (Å²) in [7, 11) is 0. The lowest BCUT2D eigenvalue weighted by atomic mass is 10.1. The van der Waals surface area contributed by atoms with Gasteiger partial charge in [0.05, 0.1) is 37.8 Å². The number of carbonyl (C=O) groups is 1. The van der Waals surface area contributed by atoms with Crippen molar-refractivity contribution in [2.45, 2.75) is 20.8 Å². The maximum absolute atomic E-state index is 12.9. The van der Waals surface area contributed by atoms with Gasteiger partial charge < -0.3 is 24.4 Å². The van der Waals surface area contributed by atoms with E-state index in [9.17, 15) is 4.79 Å². The van der Waals surface area contributed by atoms with Crippen LogP contribution >= 0.6 is 0 Å². The second kappa shape index (κ2) is 10.2. The van der Waals surface area contributed by atoms with Crippen LogP contribution in [0, 0.1) is 5.92 Å². The monoisotopic (exact) mass is 398 g/mol. The summed E-state index contributed by atoms with van der Waals surface area (Å²) in [6, 6.07) is 13.2. The number of amides is 1. The van der Waals surface area contributed by atoms with Crippen molar-refractivity contribution in [3.05, 3.63) is 48.0 Å². The molecule has 1 fully saturated rings. The Morgan fingerprint density at radius 3 is 2.59 bits per heavy atom. The Bertz CT molecular complexity index is 816. The number of nitrogens with one attached hydrogen (secondary N) is 1. The first-order valence-corrected chi connectivity index (χ1v) is 10.2. The quantitative estimate of drug-likeness (QED) is 0.722. The Hall–Kier alpha value is -2.73. The van der Waals surface area contributed by atoms with Crippen molar-refractivity contribution in [3.8, 4) is 11.5 Å². The SMILES string of the molecule is CCOc1cc(C(=O)Nc2ccccc2N2CCOCC2)ccc1OCC(C)C. The minimum Gasteiger partial charge on any atom is -0.490 e. The van der Waals surface area contributed by atoms with Crippen molar-refractivity contribution in [2.75, 3.05) is 49.7 Å². The summed E-state index contributed by atoms with van der Waals surface area (Å²) in [6.07, 6.45) is 0. The van der Waals surface area contributed by atoms with Gasteiger partial charge >= 0.3 is 0 Å². The zero-order chi connectivity index (χ0) is 20.6. The molecule has 0 aliphatic carbocycles. The Morgan fingerprint density at radius 1 is 1.10 bits per heavy atom. The number of rotatable bonds is 8. The van der Waals surface area contributed by atoms with E-state index in [0.717, 1.165) is 24.5 Å². The summed E-state index contributed by atoms with van der Waals surface area (Å²) < 4.78 is 17.0. The maximum atomic E-state index is 12.9. The van der Waals surface area contributed by atoms with E-state index in [2.05, 4.69) is 24.1 Å². The van der Waals surface area contributed by atoms with Crippen molar-refractivity contribution in [2.24, 2.45) is 5.92 Å². The fourth-order valence-corrected chi connectivity index (χ4v) is 3.15. The molecule has 0 saturated carbocycles. The topological polar surface area (TPSA) is 60.0 Å². The van der Waals surface area contributed by atoms with Crippen LogP contribution in [0.25, 0.3) is 0 Å². The number of nitrogens with zero attached hydrogens (tertiary/aromatic N) is 1. The summed E-state index contributed by atoms with van der Waals surface area (Å²) in [6.45, 7) is 10.2. The Balaban J connectivity index is 1.78. The molecule has 1 aliphatic rings. The fourth-order valence-electron chi connectivity index (χ4n) is 3.15. The molecule has 1 aliphatic heterocycles. The number of anilines is 2. The Morgan fingerprint density at radius 2 is 1.86 bits per heavy atom. The highest BCUT2D eigenvalue weighted by molar-refractivity contribution is 6.06. The lowest BCUT2D eigenvalue weighted by Crippen LogP contribution is -2.36. The van der Waals surface area contributed by atoms with Gasteiger partial charge in [0.1, 0.15) is 0 Å². The van der Waals surface area contributed by atoms with Crippen molar-refractivity contribution >= 4 is 17.3 Å². The molecule has 1 N–H and O–H groups in total. The van der Waals surface area contributed by atoms with Crippen LogP contribution < -0.4 is 19.7 Å². The van der Waals surface area contributed by atoms with Crippen LogP contribution in [0.1, 0.15) is 31.1 Å². The largest absolute Gasteiger partial charge is 0.490 e. The van der Waals surface area contributed by atoms with Gasteiger partial charge in [-0.1, -0.05) is 26.0 Å². The standard InChI is InChI=1S/C23H30N2O4/c1-4-28-22-15-18(9-10-21(22)29-16-17(2)3)23(26)24-19-7-5-6-8-20(19)25-11-13-27-14-12-25/h5-10,15,17H,4,11-14,16H2,1-3H3,(H,24,26). The smallest absolute Gasteiger partial charge is 0.255 e. The molecule has 0 radical (unpaired) electrons. The fraction of sp³-hybridized carbons (Fsp3) is 0.435. The molecule has 0 aromatic heterocycles. The summed E-state index contributed by atoms with van der Waals surface area (Å²) in [5.74, 6) is 1.47. The van der Waals surface area contributed by atoms with E-state index in [0.29, 0.717) is 49.4 Å². The lowest BCUT2D eigenvalue weighted by Gasteiger charge is -2.30. The van der Waals surface area contributed by atoms with E-state index in [1.807, 2.05) is 31.2 Å². The molecule has 0 spiro atoms. The zero-order valence-corrected chi connectivity index (χ0v) is 17.4. The third-order valence-electron chi connectivity index (χ3n) is 4.58. The average molecular weight is 399 g/mol. The minimum absolute atomic E-state index is 0.179. The number of benzene rings is 2. The number of hydrogen-bond donors (Lipinski definition) is 1. The second-order valence-electron chi connectivity index (χ2n) is 7.37. The highest BCUT2D eigenvalue weighted by atomic mass is 16.5. The van der Waals surface area contributed by atoms with Gasteiger partial charge in [0.25, 0.3) is 5.91 Å². The highest BCUT2D eigenvalue weighted by Gasteiger charge is 2.17. The molecule has 156 valence electrons. The summed E-state index contributed by atoms with van der Waals surface area (Å²) in [5, 5.41) is 3.05. The summed E-state index contributed by atoms with van der Waals surface area (Å²) in [4.78, 5) is 15.2. The van der Waals surface area contributed by atoms with Gasteiger partial charge in [-0.25, -0.2) is 0 Å². The van der Waals surface area contributed by atoms with Crippen molar-refractivity contribution in [1.29, 1.82) is 0 Å². The predicted molar refractivity (Wildman–Crippen MR) is 115 cm³/mol. The first kappa shape index (κ1) is 21.0. The number of morpholine rings is 1. The highest BCUT2D eigenvalue weighted by Crippen LogP contribution is 2.31. The van der Waals surface area contributed by atoms with Gasteiger partial charge in [0.2, 0.25) is 0 Å². The molecule has 1 saturated heterocycles. The molecule has 29 heavy (non-hydrogen) atoms. The van der Waals surface area contributed by atoms with Crippen LogP contribution in [0.3, 0.4) is 0 Å².